The van der Waals surface area contributed by atoms with E-state index in [1.54, 1.807) is 0 Å². The van der Waals surface area contributed by atoms with Gasteiger partial charge in [0.2, 0.25) is 0 Å². The van der Waals surface area contributed by atoms with E-state index in [4.69, 9.17) is 0 Å². The van der Waals surface area contributed by atoms with Crippen molar-refractivity contribution in [2.75, 3.05) is 13.1 Å². The number of nitrogens with zero attached hydrogens (tertiary/aromatic N) is 1. The third-order valence-corrected chi connectivity index (χ3v) is 1.47. The van der Waals surface area contributed by atoms with Gasteiger partial charge in [0.05, 0.1) is 0 Å². The lowest BCUT2D eigenvalue weighted by molar-refractivity contribution is 0.0825. The van der Waals surface area contributed by atoms with Gasteiger partial charge < -0.3 is 0 Å². The van der Waals surface area contributed by atoms with Gasteiger partial charge in [-0.25, -0.2) is 5.01 Å². The maximum Gasteiger partial charge on any atom is 0.0269 e. The van der Waals surface area contributed by atoms with Crippen molar-refractivity contribution in [2.45, 2.75) is 40.2 Å². The zero-order chi connectivity index (χ0) is 8.20. The molecule has 0 bridgehead atoms. The van der Waals surface area contributed by atoms with Crippen LogP contribution < -0.4 is 5.43 Å². The van der Waals surface area contributed by atoms with E-state index in [0.29, 0.717) is 0 Å². The lowest BCUT2D eigenvalue weighted by Gasteiger charge is -2.34. The Balaban J connectivity index is 3.81. The quantitative estimate of drug-likeness (QED) is 0.606. The van der Waals surface area contributed by atoms with Gasteiger partial charge in [0, 0.05) is 18.6 Å². The average Bonchev–Trinajstić information content (AvgIpc) is 1.80. The van der Waals surface area contributed by atoms with Crippen molar-refractivity contribution >= 4 is 0 Å². The van der Waals surface area contributed by atoms with E-state index in [0.717, 1.165) is 13.1 Å². The Kier molecular flexibility index (Phi) is 3.91. The van der Waals surface area contributed by atoms with Crippen LogP contribution in [0.1, 0.15) is 34.6 Å². The molecule has 0 heterocycles. The molecule has 0 atom stereocenters. The van der Waals surface area contributed by atoms with E-state index >= 15 is 0 Å². The van der Waals surface area contributed by atoms with Crippen LogP contribution in [0.5, 0.6) is 0 Å². The van der Waals surface area contributed by atoms with Crippen molar-refractivity contribution in [3.05, 3.63) is 0 Å². The van der Waals surface area contributed by atoms with Crippen LogP contribution in [0.3, 0.4) is 0 Å². The molecule has 0 amide bonds. The molecule has 2 nitrogen and oxygen atoms in total. The van der Waals surface area contributed by atoms with Gasteiger partial charge in [0.15, 0.2) is 0 Å². The van der Waals surface area contributed by atoms with Crippen LogP contribution in [0.25, 0.3) is 0 Å². The van der Waals surface area contributed by atoms with Crippen LogP contribution in [0.15, 0.2) is 0 Å². The molecule has 0 fully saturated rings. The molecule has 0 aliphatic carbocycles. The van der Waals surface area contributed by atoms with Crippen molar-refractivity contribution in [3.8, 4) is 0 Å². The maximum atomic E-state index is 3.31. The highest BCUT2D eigenvalue weighted by Crippen LogP contribution is 2.08. The van der Waals surface area contributed by atoms with E-state index < -0.39 is 0 Å². The molecule has 10 heavy (non-hydrogen) atoms. The average molecular weight is 144 g/mol. The number of hydrazine groups is 1. The van der Waals surface area contributed by atoms with Crippen LogP contribution in [-0.4, -0.2) is 23.6 Å². The van der Waals surface area contributed by atoms with Crippen molar-refractivity contribution in [1.29, 1.82) is 0 Å². The zero-order valence-corrected chi connectivity index (χ0v) is 7.86. The number of hydrogen-bond donors (Lipinski definition) is 1. The van der Waals surface area contributed by atoms with Gasteiger partial charge in [-0.3, -0.25) is 5.43 Å². The molecule has 0 spiro atoms. The Morgan fingerprint density at radius 1 is 1.20 bits per heavy atom. The molecule has 0 aromatic rings. The molecule has 1 N–H and O–H groups in total. The summed E-state index contributed by atoms with van der Waals surface area (Å²) in [5, 5.41) is 2.24. The van der Waals surface area contributed by atoms with E-state index in [9.17, 15) is 0 Å². The molecule has 0 aliphatic rings. The molecule has 0 unspecified atom stereocenters. The van der Waals surface area contributed by atoms with E-state index in [2.05, 4.69) is 45.1 Å². The van der Waals surface area contributed by atoms with Gasteiger partial charge in [-0.15, -0.1) is 0 Å². The molecule has 62 valence electrons. The van der Waals surface area contributed by atoms with Gasteiger partial charge in [-0.1, -0.05) is 13.8 Å². The summed E-state index contributed by atoms with van der Waals surface area (Å²) >= 11 is 0. The highest BCUT2D eigenvalue weighted by atomic mass is 15.5. The number of hydrogen-bond acceptors (Lipinski definition) is 2. The monoisotopic (exact) mass is 144 g/mol. The predicted octanol–water partition coefficient (Wildman–Crippen LogP) is 1.63. The fourth-order valence-electron chi connectivity index (χ4n) is 1.01. The molecular formula is C8H20N2. The number of rotatable bonds is 3. The van der Waals surface area contributed by atoms with E-state index in [1.165, 1.54) is 0 Å². The first-order valence-electron chi connectivity index (χ1n) is 4.03. The summed E-state index contributed by atoms with van der Waals surface area (Å²) in [5.41, 5.74) is 3.55. The van der Waals surface area contributed by atoms with Crippen molar-refractivity contribution in [2.24, 2.45) is 0 Å². The van der Waals surface area contributed by atoms with Crippen LogP contribution in [0, 0.1) is 0 Å². The van der Waals surface area contributed by atoms with Gasteiger partial charge in [-0.05, 0) is 20.8 Å². The first-order valence-corrected chi connectivity index (χ1v) is 4.03. The summed E-state index contributed by atoms with van der Waals surface area (Å²) in [6, 6.07) is 0. The first-order chi connectivity index (χ1) is 4.52. The second kappa shape index (κ2) is 3.94. The topological polar surface area (TPSA) is 15.3 Å². The van der Waals surface area contributed by atoms with Crippen LogP contribution in [0.4, 0.5) is 0 Å². The van der Waals surface area contributed by atoms with Crippen LogP contribution in [0.2, 0.25) is 0 Å². The van der Waals surface area contributed by atoms with E-state index in [1.807, 2.05) is 0 Å². The zero-order valence-electron chi connectivity index (χ0n) is 7.86. The van der Waals surface area contributed by atoms with E-state index in [-0.39, 0.29) is 5.54 Å². The lowest BCUT2D eigenvalue weighted by atomic mass is 10.1. The standard InChI is InChI=1S/C8H20N2/c1-6-9-10(7-2)8(3,4)5/h9H,6-7H2,1-5H3. The summed E-state index contributed by atoms with van der Waals surface area (Å²) in [6.07, 6.45) is 0. The highest BCUT2D eigenvalue weighted by Gasteiger charge is 2.17. The summed E-state index contributed by atoms with van der Waals surface area (Å²) in [6.45, 7) is 13.0. The van der Waals surface area contributed by atoms with Gasteiger partial charge >= 0.3 is 0 Å². The minimum Gasteiger partial charge on any atom is -0.255 e. The van der Waals surface area contributed by atoms with Crippen LogP contribution in [-0.2, 0) is 0 Å². The van der Waals surface area contributed by atoms with Crippen molar-refractivity contribution in [1.82, 2.24) is 10.4 Å². The normalized spacial score (nSPS) is 12.6. The Bertz CT molecular complexity index is 83.7. The molecular weight excluding hydrogens is 124 g/mol. The third kappa shape index (κ3) is 3.18. The predicted molar refractivity (Wildman–Crippen MR) is 45.8 cm³/mol. The SMILES string of the molecule is CCNN(CC)C(C)(C)C. The second-order valence-electron chi connectivity index (χ2n) is 3.43. The largest absolute Gasteiger partial charge is 0.255 e. The molecule has 0 aromatic heterocycles. The van der Waals surface area contributed by atoms with Crippen LogP contribution >= 0.6 is 0 Å². The number of nitrogens with one attached hydrogen (secondary N) is 1. The minimum atomic E-state index is 0.241. The first kappa shape index (κ1) is 9.92. The third-order valence-electron chi connectivity index (χ3n) is 1.47. The summed E-state index contributed by atoms with van der Waals surface area (Å²) in [4.78, 5) is 0. The van der Waals surface area contributed by atoms with Gasteiger partial charge in [0.25, 0.3) is 0 Å². The summed E-state index contributed by atoms with van der Waals surface area (Å²) in [7, 11) is 0. The minimum absolute atomic E-state index is 0.241. The van der Waals surface area contributed by atoms with Crippen molar-refractivity contribution < 1.29 is 0 Å². The molecule has 0 aliphatic heterocycles. The smallest absolute Gasteiger partial charge is 0.0269 e. The molecule has 0 radical (unpaired) electrons. The molecule has 0 rings (SSSR count). The summed E-state index contributed by atoms with van der Waals surface area (Å²) in [5.74, 6) is 0. The molecule has 0 aromatic carbocycles. The second-order valence-corrected chi connectivity index (χ2v) is 3.43. The van der Waals surface area contributed by atoms with Crippen molar-refractivity contribution in [3.63, 3.8) is 0 Å². The maximum absolute atomic E-state index is 3.31. The van der Waals surface area contributed by atoms with Gasteiger partial charge in [0.1, 0.15) is 0 Å². The lowest BCUT2D eigenvalue weighted by Crippen LogP contribution is -2.50. The summed E-state index contributed by atoms with van der Waals surface area (Å²) < 4.78 is 0. The Hall–Kier alpha value is -0.0800. The Labute approximate surface area is 64.6 Å². The Morgan fingerprint density at radius 2 is 1.70 bits per heavy atom. The van der Waals surface area contributed by atoms with Gasteiger partial charge in [-0.2, -0.15) is 0 Å². The Morgan fingerprint density at radius 3 is 1.80 bits per heavy atom. The highest BCUT2D eigenvalue weighted by molar-refractivity contribution is 4.71. The molecule has 0 saturated heterocycles. The fourth-order valence-corrected chi connectivity index (χ4v) is 1.01. The molecule has 2 heteroatoms. The fraction of sp³-hybridized carbons (Fsp3) is 1.00. The molecule has 0 saturated carbocycles.